The number of fused-ring (bicyclic) bond motifs is 12. The standard InChI is InChI=1S/C81H64N4O2S8/c1-5-8-11-14-21-49-29-33-67(89-49)80(66-32-28-46(4)88-66)62-40-59-63(41-58(62)76-72(80)78-64(94-76)38-52(92-78)36-60-70(47(42-82)43-83)54-24-17-19-26-56(54)74(60)86)81(68-34-30-50(90-68)22-15-12-9-6-2,69-35-31-51(91-69)23-16-13-10-7-3)73-77(59)95-65-39-53(93-79(65)73)37-61-71(48(44-84)45-85)55-25-18-20-27-57(55)75(61)87/h17-20,24-41H,5-16,21-23H2,1-4H3/b60-36-,61-37-. The molecule has 0 amide bonds. The molecule has 6 nitrogen and oxygen atoms in total. The predicted octanol–water partition coefficient (Wildman–Crippen LogP) is 24.0. The number of hydrogen-bond acceptors (Lipinski definition) is 14. The number of carbonyl (C=O) groups excluding carboxylic acids is 2. The van der Waals surface area contributed by atoms with Gasteiger partial charge in [0.25, 0.3) is 0 Å². The highest BCUT2D eigenvalue weighted by Crippen LogP contribution is 2.70. The lowest BCUT2D eigenvalue weighted by Gasteiger charge is -2.32. The fourth-order valence-corrected chi connectivity index (χ4v) is 25.6. The lowest BCUT2D eigenvalue weighted by molar-refractivity contribution is 0.103. The minimum atomic E-state index is -0.721. The number of nitriles is 4. The SMILES string of the molecule is CCCCCCc1ccc(C2(c3ccc(C)s3)c3cc4c(cc3-c3sc5cc(/C=C6\C(=O)c7ccccc7C6=C(C#N)C#N)sc5c32)C(c2ccc(CCCCCC)s2)(c2ccc(CCCCCC)s2)c2c-4sc3cc(/C=C4\C(=O)c5ccccc5C4=C(C#N)C#N)sc23)s1. The molecule has 0 fully saturated rings. The summed E-state index contributed by atoms with van der Waals surface area (Å²) < 4.78 is 4.62. The maximum atomic E-state index is 14.5. The van der Waals surface area contributed by atoms with E-state index in [0.717, 1.165) is 57.7 Å². The monoisotopic (exact) mass is 1380 g/mol. The van der Waals surface area contributed by atoms with Crippen LogP contribution in [-0.4, -0.2) is 11.6 Å². The number of ketones is 2. The van der Waals surface area contributed by atoms with Gasteiger partial charge < -0.3 is 0 Å². The van der Waals surface area contributed by atoms with Gasteiger partial charge in [-0.05, 0) is 164 Å². The minimum Gasteiger partial charge on any atom is -0.289 e. The first-order chi connectivity index (χ1) is 46.5. The van der Waals surface area contributed by atoms with Crippen LogP contribution in [0.4, 0.5) is 0 Å². The minimum absolute atomic E-state index is 0.0706. The van der Waals surface area contributed by atoms with Gasteiger partial charge in [-0.15, -0.1) is 90.7 Å². The van der Waals surface area contributed by atoms with Crippen LogP contribution < -0.4 is 0 Å². The Morgan fingerprint density at radius 1 is 0.411 bits per heavy atom. The predicted molar refractivity (Wildman–Crippen MR) is 401 cm³/mol. The Balaban J connectivity index is 1.00. The number of Topliss-reactive ketones (excluding diaryl/α,β-unsaturated/α-hetero) is 2. The van der Waals surface area contributed by atoms with E-state index in [0.29, 0.717) is 44.5 Å². The molecule has 8 aromatic heterocycles. The first kappa shape index (κ1) is 63.1. The summed E-state index contributed by atoms with van der Waals surface area (Å²) in [5.41, 5.74) is 9.78. The fraction of sp³-hybridized carbons (Fsp3) is 0.259. The molecule has 0 N–H and O–H groups in total. The van der Waals surface area contributed by atoms with Crippen molar-refractivity contribution in [3.8, 4) is 45.2 Å². The average molecular weight is 1380 g/mol. The maximum Gasteiger partial charge on any atom is 0.194 e. The Bertz CT molecular complexity index is 5220. The molecular weight excluding hydrogens is 1320 g/mol. The number of aryl methyl sites for hydroxylation is 4. The zero-order chi connectivity index (χ0) is 65.3. The van der Waals surface area contributed by atoms with Crippen molar-refractivity contribution in [1.29, 1.82) is 21.0 Å². The van der Waals surface area contributed by atoms with Crippen molar-refractivity contribution in [2.45, 2.75) is 135 Å². The molecule has 468 valence electrons. The van der Waals surface area contributed by atoms with Gasteiger partial charge in [0, 0.05) is 112 Å². The lowest BCUT2D eigenvalue weighted by Crippen LogP contribution is -2.27. The van der Waals surface area contributed by atoms with Crippen LogP contribution in [0.5, 0.6) is 0 Å². The summed E-state index contributed by atoms with van der Waals surface area (Å²) >= 11 is 14.9. The third-order valence-electron chi connectivity index (χ3n) is 19.4. The molecular formula is C81H64N4O2S8. The van der Waals surface area contributed by atoms with Crippen LogP contribution in [-0.2, 0) is 30.1 Å². The Labute approximate surface area is 586 Å². The van der Waals surface area contributed by atoms with Crippen molar-refractivity contribution in [2.24, 2.45) is 0 Å². The van der Waals surface area contributed by atoms with Crippen molar-refractivity contribution in [1.82, 2.24) is 0 Å². The third kappa shape index (κ3) is 10.2. The third-order valence-corrected chi connectivity index (χ3v) is 29.1. The molecule has 0 bridgehead atoms. The summed E-state index contributed by atoms with van der Waals surface area (Å²) in [7, 11) is 0. The smallest absolute Gasteiger partial charge is 0.194 e. The number of carbonyl (C=O) groups is 2. The number of allylic oxidation sites excluding steroid dienone is 6. The fourth-order valence-electron chi connectivity index (χ4n) is 15.1. The van der Waals surface area contributed by atoms with Crippen LogP contribution in [0.1, 0.15) is 201 Å². The van der Waals surface area contributed by atoms with Crippen LogP contribution in [0, 0.1) is 52.2 Å². The van der Waals surface area contributed by atoms with E-state index < -0.39 is 10.8 Å². The highest BCUT2D eigenvalue weighted by molar-refractivity contribution is 7.31. The lowest BCUT2D eigenvalue weighted by atomic mass is 9.73. The Morgan fingerprint density at radius 2 is 0.779 bits per heavy atom. The van der Waals surface area contributed by atoms with Gasteiger partial charge in [0.15, 0.2) is 11.6 Å². The topological polar surface area (TPSA) is 129 Å². The van der Waals surface area contributed by atoms with E-state index >= 15 is 0 Å². The van der Waals surface area contributed by atoms with Crippen molar-refractivity contribution in [3.05, 3.63) is 237 Å². The van der Waals surface area contributed by atoms with E-state index in [4.69, 9.17) is 0 Å². The second kappa shape index (κ2) is 25.9. The molecule has 15 rings (SSSR count). The molecule has 0 saturated heterocycles. The Hall–Kier alpha value is -7.96. The van der Waals surface area contributed by atoms with Crippen molar-refractivity contribution in [2.75, 3.05) is 0 Å². The van der Waals surface area contributed by atoms with Gasteiger partial charge in [0.05, 0.1) is 20.2 Å². The van der Waals surface area contributed by atoms with Crippen LogP contribution >= 0.6 is 90.7 Å². The van der Waals surface area contributed by atoms with Crippen LogP contribution in [0.3, 0.4) is 0 Å². The van der Waals surface area contributed by atoms with E-state index in [1.807, 2.05) is 117 Å². The Morgan fingerprint density at radius 3 is 1.14 bits per heavy atom. The van der Waals surface area contributed by atoms with E-state index in [2.05, 4.69) is 125 Å². The maximum absolute atomic E-state index is 14.5. The molecule has 0 aliphatic heterocycles. The Kier molecular flexibility index (Phi) is 17.2. The van der Waals surface area contributed by atoms with E-state index in [9.17, 15) is 30.6 Å². The second-order valence-electron chi connectivity index (χ2n) is 25.2. The van der Waals surface area contributed by atoms with Crippen LogP contribution in [0.15, 0.2) is 144 Å². The quantitative estimate of drug-likeness (QED) is 0.0400. The van der Waals surface area contributed by atoms with E-state index in [1.165, 1.54) is 149 Å². The van der Waals surface area contributed by atoms with Gasteiger partial charge in [-0.1, -0.05) is 127 Å². The summed E-state index contributed by atoms with van der Waals surface area (Å²) in [6, 6.07) is 52.0. The van der Waals surface area contributed by atoms with Gasteiger partial charge >= 0.3 is 0 Å². The number of hydrogen-bond donors (Lipinski definition) is 0. The van der Waals surface area contributed by atoms with Gasteiger partial charge in [0.2, 0.25) is 0 Å². The zero-order valence-electron chi connectivity index (χ0n) is 53.2. The number of nitrogens with zero attached hydrogens (tertiary/aromatic N) is 4. The summed E-state index contributed by atoms with van der Waals surface area (Å²) in [5.74, 6) is -0.368. The molecule has 0 radical (unpaired) electrons. The number of thiophene rings is 8. The molecule has 8 heterocycles. The average Bonchev–Trinajstić information content (AvgIpc) is 1.49. The summed E-state index contributed by atoms with van der Waals surface area (Å²) in [4.78, 5) is 43.9. The molecule has 0 spiro atoms. The summed E-state index contributed by atoms with van der Waals surface area (Å²) in [6.07, 6.45) is 21.1. The highest BCUT2D eigenvalue weighted by atomic mass is 32.1. The van der Waals surface area contributed by atoms with Crippen LogP contribution in [0.2, 0.25) is 0 Å². The number of unbranched alkanes of at least 4 members (excludes halogenated alkanes) is 9. The highest BCUT2D eigenvalue weighted by Gasteiger charge is 2.56. The molecule has 4 aliphatic rings. The summed E-state index contributed by atoms with van der Waals surface area (Å²) in [5, 5.41) is 41.4. The number of rotatable bonds is 21. The molecule has 3 aromatic carbocycles. The first-order valence-electron chi connectivity index (χ1n) is 33.0. The number of benzene rings is 3. The van der Waals surface area contributed by atoms with E-state index in [1.54, 1.807) is 34.8 Å². The molecule has 4 aliphatic carbocycles. The van der Waals surface area contributed by atoms with Gasteiger partial charge in [-0.2, -0.15) is 21.0 Å². The molecule has 11 aromatic rings. The van der Waals surface area contributed by atoms with Gasteiger partial charge in [-0.25, -0.2) is 0 Å². The van der Waals surface area contributed by atoms with Crippen molar-refractivity contribution < 1.29 is 9.59 Å². The van der Waals surface area contributed by atoms with Gasteiger partial charge in [0.1, 0.15) is 35.4 Å². The first-order valence-corrected chi connectivity index (χ1v) is 39.5. The zero-order valence-corrected chi connectivity index (χ0v) is 59.7. The largest absolute Gasteiger partial charge is 0.289 e. The molecule has 14 heteroatoms. The van der Waals surface area contributed by atoms with E-state index in [-0.39, 0.29) is 22.7 Å². The normalized spacial score (nSPS) is 16.3. The van der Waals surface area contributed by atoms with Gasteiger partial charge in [-0.3, -0.25) is 9.59 Å². The second-order valence-corrected chi connectivity index (χ2v) is 34.3. The molecule has 0 saturated carbocycles. The van der Waals surface area contributed by atoms with Crippen molar-refractivity contribution in [3.63, 3.8) is 0 Å². The molecule has 1 unspecified atom stereocenters. The summed E-state index contributed by atoms with van der Waals surface area (Å²) in [6.45, 7) is 9.04. The van der Waals surface area contributed by atoms with Crippen molar-refractivity contribution >= 4 is 144 Å². The molecule has 1 atom stereocenters. The van der Waals surface area contributed by atoms with Crippen LogP contribution in [0.25, 0.3) is 63.0 Å². The molecule has 95 heavy (non-hydrogen) atoms.